The van der Waals surface area contributed by atoms with Crippen LogP contribution in [-0.2, 0) is 0 Å². The summed E-state index contributed by atoms with van der Waals surface area (Å²) in [5.74, 6) is 0.540. The number of likely N-dealkylation sites (tertiary alicyclic amines) is 1. The molecule has 1 heterocycles. The molecule has 1 aliphatic heterocycles. The Morgan fingerprint density at radius 1 is 1.27 bits per heavy atom. The number of ether oxygens (including phenoxy) is 1. The Balaban J connectivity index is 1.91. The van der Waals surface area contributed by atoms with E-state index in [1.54, 1.807) is 30.3 Å². The predicted octanol–water partition coefficient (Wildman–Crippen LogP) is 2.88. The summed E-state index contributed by atoms with van der Waals surface area (Å²) in [7, 11) is 0. The van der Waals surface area contributed by atoms with E-state index in [1.165, 1.54) is 11.0 Å². The van der Waals surface area contributed by atoms with Gasteiger partial charge in [0.15, 0.2) is 0 Å². The van der Waals surface area contributed by atoms with Gasteiger partial charge >= 0.3 is 6.09 Å². The van der Waals surface area contributed by atoms with Gasteiger partial charge in [-0.05, 0) is 12.1 Å². The number of nitro groups is 1. The van der Waals surface area contributed by atoms with E-state index in [2.05, 4.69) is 0 Å². The minimum Gasteiger partial charge on any atom is -0.488 e. The fourth-order valence-corrected chi connectivity index (χ4v) is 2.70. The van der Waals surface area contributed by atoms with E-state index >= 15 is 0 Å². The van der Waals surface area contributed by atoms with Crippen LogP contribution < -0.4 is 4.74 Å². The normalized spacial score (nSPS) is 17.6. The molecule has 22 heavy (non-hydrogen) atoms. The maximum absolute atomic E-state index is 11.1. The average molecular weight is 302 g/mol. The van der Waals surface area contributed by atoms with E-state index in [-0.39, 0.29) is 11.8 Å². The molecule has 1 N–H and O–H groups in total. The standard InChI is InChI=1S/C15H14N2O5/c18-15(19)16-8-7-10(9-16)22-14-6-5-13(17(20)21)11-3-1-2-4-12(11)14/h1-6,10H,7-9H2,(H,18,19)/t10-/m1/s1. The molecule has 1 aliphatic rings. The van der Waals surface area contributed by atoms with Crippen LogP contribution in [0.5, 0.6) is 5.75 Å². The van der Waals surface area contributed by atoms with Crippen LogP contribution in [0.25, 0.3) is 10.8 Å². The number of benzene rings is 2. The monoisotopic (exact) mass is 302 g/mol. The first-order valence-electron chi connectivity index (χ1n) is 6.87. The van der Waals surface area contributed by atoms with Gasteiger partial charge in [-0.15, -0.1) is 0 Å². The topological polar surface area (TPSA) is 92.9 Å². The summed E-state index contributed by atoms with van der Waals surface area (Å²) in [6.07, 6.45) is -0.585. The molecule has 0 bridgehead atoms. The van der Waals surface area contributed by atoms with Gasteiger partial charge in [0.1, 0.15) is 11.9 Å². The molecule has 0 aliphatic carbocycles. The third kappa shape index (κ3) is 2.52. The minimum atomic E-state index is -0.959. The maximum Gasteiger partial charge on any atom is 0.407 e. The molecule has 1 saturated heterocycles. The van der Waals surface area contributed by atoms with Crippen molar-refractivity contribution in [1.29, 1.82) is 0 Å². The molecule has 1 amide bonds. The molecule has 0 saturated carbocycles. The number of rotatable bonds is 3. The van der Waals surface area contributed by atoms with Crippen molar-refractivity contribution in [2.24, 2.45) is 0 Å². The second-order valence-corrected chi connectivity index (χ2v) is 5.14. The number of nitro benzene ring substituents is 1. The zero-order valence-electron chi connectivity index (χ0n) is 11.6. The Hall–Kier alpha value is -2.83. The highest BCUT2D eigenvalue weighted by molar-refractivity contribution is 5.95. The number of nitrogens with zero attached hydrogens (tertiary/aromatic N) is 2. The third-order valence-corrected chi connectivity index (χ3v) is 3.77. The largest absolute Gasteiger partial charge is 0.488 e. The van der Waals surface area contributed by atoms with Crippen molar-refractivity contribution in [2.75, 3.05) is 13.1 Å². The van der Waals surface area contributed by atoms with E-state index in [0.717, 1.165) is 0 Å². The predicted molar refractivity (Wildman–Crippen MR) is 79.2 cm³/mol. The van der Waals surface area contributed by atoms with Gasteiger partial charge in [-0.3, -0.25) is 10.1 Å². The third-order valence-electron chi connectivity index (χ3n) is 3.77. The van der Waals surface area contributed by atoms with Gasteiger partial charge in [-0.2, -0.15) is 0 Å². The lowest BCUT2D eigenvalue weighted by molar-refractivity contribution is -0.383. The molecular weight excluding hydrogens is 288 g/mol. The van der Waals surface area contributed by atoms with Gasteiger partial charge < -0.3 is 14.7 Å². The van der Waals surface area contributed by atoms with E-state index in [0.29, 0.717) is 36.0 Å². The first kappa shape index (κ1) is 14.1. The molecule has 0 unspecified atom stereocenters. The zero-order chi connectivity index (χ0) is 15.7. The lowest BCUT2D eigenvalue weighted by atomic mass is 10.1. The SMILES string of the molecule is O=C(O)N1CC[C@@H](Oc2ccc([N+](=O)[O-])c3ccccc23)C1. The van der Waals surface area contributed by atoms with Crippen molar-refractivity contribution in [3.8, 4) is 5.75 Å². The van der Waals surface area contributed by atoms with Crippen molar-refractivity contribution < 1.29 is 19.6 Å². The molecule has 114 valence electrons. The quantitative estimate of drug-likeness (QED) is 0.695. The Morgan fingerprint density at radius 3 is 2.64 bits per heavy atom. The van der Waals surface area contributed by atoms with Crippen molar-refractivity contribution in [3.05, 3.63) is 46.5 Å². The Kier molecular flexibility index (Phi) is 3.54. The molecule has 0 aromatic heterocycles. The summed E-state index contributed by atoms with van der Waals surface area (Å²) in [5.41, 5.74) is 0.0292. The van der Waals surface area contributed by atoms with E-state index in [4.69, 9.17) is 9.84 Å². The van der Waals surface area contributed by atoms with Crippen molar-refractivity contribution in [3.63, 3.8) is 0 Å². The molecule has 7 heteroatoms. The number of hydrogen-bond donors (Lipinski definition) is 1. The molecule has 3 rings (SSSR count). The highest BCUT2D eigenvalue weighted by Gasteiger charge is 2.28. The highest BCUT2D eigenvalue weighted by atomic mass is 16.6. The highest BCUT2D eigenvalue weighted by Crippen LogP contribution is 2.34. The van der Waals surface area contributed by atoms with E-state index in [1.807, 2.05) is 0 Å². The molecule has 0 radical (unpaired) electrons. The average Bonchev–Trinajstić information content (AvgIpc) is 2.96. The summed E-state index contributed by atoms with van der Waals surface area (Å²) in [4.78, 5) is 22.9. The number of carboxylic acid groups (broad SMARTS) is 1. The van der Waals surface area contributed by atoms with Crippen molar-refractivity contribution >= 4 is 22.6 Å². The smallest absolute Gasteiger partial charge is 0.407 e. The van der Waals surface area contributed by atoms with Gasteiger partial charge in [0, 0.05) is 24.4 Å². The summed E-state index contributed by atoms with van der Waals surface area (Å²) in [5, 5.41) is 21.2. The molecule has 2 aromatic rings. The molecule has 1 fully saturated rings. The maximum atomic E-state index is 11.1. The van der Waals surface area contributed by atoms with Crippen LogP contribution in [0, 0.1) is 10.1 Å². The van der Waals surface area contributed by atoms with Crippen LogP contribution in [0.2, 0.25) is 0 Å². The number of hydrogen-bond acceptors (Lipinski definition) is 4. The molecule has 0 spiro atoms. The van der Waals surface area contributed by atoms with Crippen LogP contribution in [0.3, 0.4) is 0 Å². The zero-order valence-corrected chi connectivity index (χ0v) is 11.6. The van der Waals surface area contributed by atoms with Crippen LogP contribution >= 0.6 is 0 Å². The van der Waals surface area contributed by atoms with E-state index in [9.17, 15) is 14.9 Å². The lowest BCUT2D eigenvalue weighted by Crippen LogP contribution is -2.29. The van der Waals surface area contributed by atoms with Gasteiger partial charge in [-0.1, -0.05) is 18.2 Å². The van der Waals surface area contributed by atoms with Gasteiger partial charge in [0.2, 0.25) is 0 Å². The molecule has 2 aromatic carbocycles. The van der Waals surface area contributed by atoms with E-state index < -0.39 is 11.0 Å². The number of carbonyl (C=O) groups is 1. The Morgan fingerprint density at radius 2 is 2.00 bits per heavy atom. The van der Waals surface area contributed by atoms with Gasteiger partial charge in [-0.25, -0.2) is 4.79 Å². The molecule has 7 nitrogen and oxygen atoms in total. The van der Waals surface area contributed by atoms with Gasteiger partial charge in [0.25, 0.3) is 5.69 Å². The van der Waals surface area contributed by atoms with Crippen molar-refractivity contribution in [1.82, 2.24) is 4.90 Å². The summed E-state index contributed by atoms with van der Waals surface area (Å²) in [6, 6.07) is 9.96. The van der Waals surface area contributed by atoms with Crippen molar-refractivity contribution in [2.45, 2.75) is 12.5 Å². The fourth-order valence-electron chi connectivity index (χ4n) is 2.70. The van der Waals surface area contributed by atoms with Crippen LogP contribution in [0.1, 0.15) is 6.42 Å². The van der Waals surface area contributed by atoms with Crippen LogP contribution in [0.15, 0.2) is 36.4 Å². The lowest BCUT2D eigenvalue weighted by Gasteiger charge is -2.16. The second kappa shape index (κ2) is 5.51. The summed E-state index contributed by atoms with van der Waals surface area (Å²) < 4.78 is 5.88. The fraction of sp³-hybridized carbons (Fsp3) is 0.267. The number of fused-ring (bicyclic) bond motifs is 1. The summed E-state index contributed by atoms with van der Waals surface area (Å²) >= 11 is 0. The van der Waals surface area contributed by atoms with Gasteiger partial charge in [0.05, 0.1) is 16.9 Å². The molecular formula is C15H14N2O5. The van der Waals surface area contributed by atoms with Crippen LogP contribution in [0.4, 0.5) is 10.5 Å². The first-order chi connectivity index (χ1) is 10.6. The Bertz CT molecular complexity index is 746. The first-order valence-corrected chi connectivity index (χ1v) is 6.87. The number of non-ortho nitro benzene ring substituents is 1. The summed E-state index contributed by atoms with van der Waals surface area (Å²) in [6.45, 7) is 0.742. The Labute approximate surface area is 125 Å². The number of amides is 1. The molecule has 1 atom stereocenters. The van der Waals surface area contributed by atoms with Crippen LogP contribution in [-0.4, -0.2) is 40.2 Å². The second-order valence-electron chi connectivity index (χ2n) is 5.14. The minimum absolute atomic E-state index is 0.0292.